The highest BCUT2D eigenvalue weighted by Crippen LogP contribution is 2.29. The monoisotopic (exact) mass is 352 g/mol. The Morgan fingerprint density at radius 3 is 2.65 bits per heavy atom. The van der Waals surface area contributed by atoms with E-state index in [4.69, 9.17) is 4.74 Å². The summed E-state index contributed by atoms with van der Waals surface area (Å²) < 4.78 is 5.67. The van der Waals surface area contributed by atoms with Crippen molar-refractivity contribution in [2.45, 2.75) is 32.2 Å². The third-order valence-corrected chi connectivity index (χ3v) is 4.42. The third kappa shape index (κ3) is 6.39. The molecule has 0 saturated heterocycles. The summed E-state index contributed by atoms with van der Waals surface area (Å²) in [7, 11) is 1.79. The van der Waals surface area contributed by atoms with E-state index in [-0.39, 0.29) is 0 Å². The molecule has 1 aliphatic carbocycles. The molecular weight excluding hydrogens is 324 g/mol. The van der Waals surface area contributed by atoms with Gasteiger partial charge in [0.25, 0.3) is 0 Å². The van der Waals surface area contributed by atoms with Crippen LogP contribution in [0.4, 0.5) is 0 Å². The normalized spacial score (nSPS) is 14.1. The smallest absolute Gasteiger partial charge is 0.213 e. The number of hydrogen-bond donors (Lipinski definition) is 2. The van der Waals surface area contributed by atoms with Crippen LogP contribution in [0.1, 0.15) is 30.4 Å². The Balaban J connectivity index is 1.34. The fraction of sp³-hybridized carbons (Fsp3) is 0.429. The first-order valence-electron chi connectivity index (χ1n) is 9.39. The Kier molecular flexibility index (Phi) is 6.88. The van der Waals surface area contributed by atoms with E-state index in [1.54, 1.807) is 7.05 Å². The topological polar surface area (TPSA) is 58.5 Å². The number of aliphatic imine (C=N–C) groups is 1. The summed E-state index contributed by atoms with van der Waals surface area (Å²) in [5, 5.41) is 6.68. The fourth-order valence-electron chi connectivity index (χ4n) is 2.64. The zero-order valence-electron chi connectivity index (χ0n) is 15.4. The highest BCUT2D eigenvalue weighted by Gasteiger charge is 2.21. The van der Waals surface area contributed by atoms with E-state index in [1.807, 2.05) is 24.4 Å². The van der Waals surface area contributed by atoms with E-state index in [0.717, 1.165) is 43.4 Å². The molecular formula is C21H28N4O. The van der Waals surface area contributed by atoms with Crippen LogP contribution < -0.4 is 15.4 Å². The van der Waals surface area contributed by atoms with E-state index in [1.165, 1.54) is 18.4 Å². The zero-order chi connectivity index (χ0) is 18.0. The lowest BCUT2D eigenvalue weighted by Crippen LogP contribution is -2.37. The molecule has 0 aliphatic heterocycles. The fourth-order valence-corrected chi connectivity index (χ4v) is 2.64. The highest BCUT2D eigenvalue weighted by atomic mass is 16.5. The highest BCUT2D eigenvalue weighted by molar-refractivity contribution is 5.79. The summed E-state index contributed by atoms with van der Waals surface area (Å²) in [6, 6.07) is 14.5. The van der Waals surface area contributed by atoms with Gasteiger partial charge in [-0.3, -0.25) is 4.99 Å². The van der Waals surface area contributed by atoms with Gasteiger partial charge in [-0.1, -0.05) is 36.4 Å². The molecule has 0 unspecified atom stereocenters. The average Bonchev–Trinajstić information content (AvgIpc) is 3.52. The van der Waals surface area contributed by atoms with Crippen molar-refractivity contribution in [3.05, 3.63) is 59.8 Å². The molecule has 138 valence electrons. The van der Waals surface area contributed by atoms with Crippen LogP contribution >= 0.6 is 0 Å². The number of aromatic nitrogens is 1. The Morgan fingerprint density at radius 1 is 1.12 bits per heavy atom. The Bertz CT molecular complexity index is 681. The molecule has 1 aliphatic rings. The predicted molar refractivity (Wildman–Crippen MR) is 105 cm³/mol. The summed E-state index contributed by atoms with van der Waals surface area (Å²) >= 11 is 0. The first-order chi connectivity index (χ1) is 12.8. The Labute approximate surface area is 155 Å². The molecule has 0 bridgehead atoms. The number of aryl methyl sites for hydroxylation is 1. The molecule has 2 N–H and O–H groups in total. The molecule has 1 saturated carbocycles. The van der Waals surface area contributed by atoms with Gasteiger partial charge in [-0.25, -0.2) is 4.98 Å². The van der Waals surface area contributed by atoms with Gasteiger partial charge in [-0.15, -0.1) is 0 Å². The van der Waals surface area contributed by atoms with Gasteiger partial charge in [-0.2, -0.15) is 0 Å². The molecule has 1 heterocycles. The first kappa shape index (κ1) is 18.2. The number of nitrogens with one attached hydrogen (secondary N) is 2. The Hall–Kier alpha value is -2.56. The molecule has 5 heteroatoms. The summed E-state index contributed by atoms with van der Waals surface area (Å²) in [6.45, 7) is 2.37. The molecule has 0 spiro atoms. The van der Waals surface area contributed by atoms with Gasteiger partial charge in [-0.05, 0) is 42.7 Å². The lowest BCUT2D eigenvalue weighted by atomic mass is 10.1. The number of rotatable bonds is 9. The predicted octanol–water partition coefficient (Wildman–Crippen LogP) is 3.17. The van der Waals surface area contributed by atoms with E-state index in [2.05, 4.69) is 44.9 Å². The number of benzene rings is 1. The summed E-state index contributed by atoms with van der Waals surface area (Å²) in [5.41, 5.74) is 2.48. The number of hydrogen-bond acceptors (Lipinski definition) is 3. The van der Waals surface area contributed by atoms with E-state index >= 15 is 0 Å². The molecule has 1 fully saturated rings. The molecule has 0 radical (unpaired) electrons. The number of ether oxygens (including phenoxy) is 1. The van der Waals surface area contributed by atoms with Crippen LogP contribution in [0.2, 0.25) is 0 Å². The molecule has 1 aromatic carbocycles. The van der Waals surface area contributed by atoms with Crippen LogP contribution in [0, 0.1) is 5.92 Å². The van der Waals surface area contributed by atoms with Gasteiger partial charge < -0.3 is 15.4 Å². The maximum absolute atomic E-state index is 5.67. The lowest BCUT2D eigenvalue weighted by Gasteiger charge is -2.12. The van der Waals surface area contributed by atoms with Crippen molar-refractivity contribution in [1.29, 1.82) is 0 Å². The SMILES string of the molecule is CN=C(NCCCc1ccccc1)NCc1ccc(OCC2CC2)nc1. The van der Waals surface area contributed by atoms with Gasteiger partial charge in [0.05, 0.1) is 6.61 Å². The van der Waals surface area contributed by atoms with Crippen LogP contribution in [-0.4, -0.2) is 31.1 Å². The number of guanidine groups is 1. The van der Waals surface area contributed by atoms with Crippen molar-refractivity contribution in [2.24, 2.45) is 10.9 Å². The lowest BCUT2D eigenvalue weighted by molar-refractivity contribution is 0.288. The van der Waals surface area contributed by atoms with Gasteiger partial charge in [0.2, 0.25) is 5.88 Å². The minimum atomic E-state index is 0.689. The van der Waals surface area contributed by atoms with E-state index in [9.17, 15) is 0 Å². The van der Waals surface area contributed by atoms with Crippen molar-refractivity contribution in [3.8, 4) is 5.88 Å². The van der Waals surface area contributed by atoms with Gasteiger partial charge in [0, 0.05) is 32.4 Å². The number of nitrogens with zero attached hydrogens (tertiary/aromatic N) is 2. The molecule has 0 atom stereocenters. The summed E-state index contributed by atoms with van der Waals surface area (Å²) in [5.74, 6) is 2.27. The van der Waals surface area contributed by atoms with Gasteiger partial charge >= 0.3 is 0 Å². The minimum absolute atomic E-state index is 0.689. The van der Waals surface area contributed by atoms with Crippen LogP contribution in [0.25, 0.3) is 0 Å². The van der Waals surface area contributed by atoms with E-state index < -0.39 is 0 Å². The standard InChI is InChI=1S/C21H28N4O/c1-22-21(23-13-5-8-17-6-3-2-4-7-17)25-15-19-11-12-20(24-14-19)26-16-18-9-10-18/h2-4,6-7,11-12,14,18H,5,8-10,13,15-16H2,1H3,(H2,22,23,25). The van der Waals surface area contributed by atoms with Crippen LogP contribution in [0.15, 0.2) is 53.7 Å². The largest absolute Gasteiger partial charge is 0.477 e. The summed E-state index contributed by atoms with van der Waals surface area (Å²) in [4.78, 5) is 8.64. The van der Waals surface area contributed by atoms with Crippen molar-refractivity contribution in [3.63, 3.8) is 0 Å². The maximum Gasteiger partial charge on any atom is 0.213 e. The first-order valence-corrected chi connectivity index (χ1v) is 9.39. The van der Waals surface area contributed by atoms with Crippen molar-refractivity contribution in [2.75, 3.05) is 20.2 Å². The van der Waals surface area contributed by atoms with Crippen molar-refractivity contribution in [1.82, 2.24) is 15.6 Å². The summed E-state index contributed by atoms with van der Waals surface area (Å²) in [6.07, 6.45) is 6.58. The molecule has 5 nitrogen and oxygen atoms in total. The van der Waals surface area contributed by atoms with Gasteiger partial charge in [0.15, 0.2) is 5.96 Å². The Morgan fingerprint density at radius 2 is 1.96 bits per heavy atom. The molecule has 0 amide bonds. The zero-order valence-corrected chi connectivity index (χ0v) is 15.4. The minimum Gasteiger partial charge on any atom is -0.477 e. The molecule has 2 aromatic rings. The van der Waals surface area contributed by atoms with Crippen LogP contribution in [0.3, 0.4) is 0 Å². The van der Waals surface area contributed by atoms with Crippen molar-refractivity contribution >= 4 is 5.96 Å². The van der Waals surface area contributed by atoms with Gasteiger partial charge in [0.1, 0.15) is 0 Å². The van der Waals surface area contributed by atoms with Crippen LogP contribution in [0.5, 0.6) is 5.88 Å². The quantitative estimate of drug-likeness (QED) is 0.413. The average molecular weight is 352 g/mol. The van der Waals surface area contributed by atoms with Crippen molar-refractivity contribution < 1.29 is 4.74 Å². The second-order valence-electron chi connectivity index (χ2n) is 6.70. The maximum atomic E-state index is 5.67. The second kappa shape index (κ2) is 9.80. The molecule has 1 aromatic heterocycles. The molecule has 26 heavy (non-hydrogen) atoms. The third-order valence-electron chi connectivity index (χ3n) is 4.42. The molecule has 3 rings (SSSR count). The van der Waals surface area contributed by atoms with Crippen LogP contribution in [-0.2, 0) is 13.0 Å². The number of pyridine rings is 1. The second-order valence-corrected chi connectivity index (χ2v) is 6.70. The van der Waals surface area contributed by atoms with E-state index in [0.29, 0.717) is 12.4 Å².